The van der Waals surface area contributed by atoms with Gasteiger partial charge in [-0.05, 0) is 43.2 Å². The summed E-state index contributed by atoms with van der Waals surface area (Å²) in [5.41, 5.74) is 0.283. The third-order valence-corrected chi connectivity index (χ3v) is 7.24. The van der Waals surface area contributed by atoms with Crippen LogP contribution in [0.15, 0.2) is 52.4 Å². The summed E-state index contributed by atoms with van der Waals surface area (Å²) in [6.07, 6.45) is 2.17. The van der Waals surface area contributed by atoms with Crippen molar-refractivity contribution in [2.45, 2.75) is 23.8 Å². The van der Waals surface area contributed by atoms with Crippen molar-refractivity contribution in [3.05, 3.63) is 69.7 Å². The summed E-state index contributed by atoms with van der Waals surface area (Å²) in [7, 11) is -4.09. The number of nitrogens with zero attached hydrogens (tertiary/aromatic N) is 3. The minimum atomic E-state index is -4.09. The molecule has 1 fully saturated rings. The van der Waals surface area contributed by atoms with Crippen molar-refractivity contribution in [2.24, 2.45) is 0 Å². The topological polar surface area (TPSA) is 72.3 Å². The van der Waals surface area contributed by atoms with Gasteiger partial charge in [0.2, 0.25) is 10.0 Å². The highest BCUT2D eigenvalue weighted by Crippen LogP contribution is 2.28. The molecule has 10 heteroatoms. The van der Waals surface area contributed by atoms with Gasteiger partial charge in [0.15, 0.2) is 0 Å². The summed E-state index contributed by atoms with van der Waals surface area (Å²) in [5.74, 6) is -1.97. The second-order valence-corrected chi connectivity index (χ2v) is 9.17. The van der Waals surface area contributed by atoms with Crippen molar-refractivity contribution in [3.8, 4) is 0 Å². The molecule has 0 N–H and O–H groups in total. The molecule has 0 bridgehead atoms. The van der Waals surface area contributed by atoms with Crippen LogP contribution < -0.4 is 5.56 Å². The molecule has 0 unspecified atom stereocenters. The summed E-state index contributed by atoms with van der Waals surface area (Å²) < 4.78 is 55.1. The molecule has 2 aromatic carbocycles. The second kappa shape index (κ2) is 7.47. The van der Waals surface area contributed by atoms with Crippen molar-refractivity contribution in [1.29, 1.82) is 0 Å². The van der Waals surface area contributed by atoms with Gasteiger partial charge in [0, 0.05) is 30.2 Å². The SMILES string of the molecule is O=c1c2cc(Cl)ccc2ncn1C1CCN(S(=O)(=O)c2ccc(F)cc2F)CC1. The first-order chi connectivity index (χ1) is 13.8. The zero-order valence-corrected chi connectivity index (χ0v) is 16.6. The normalized spacial score (nSPS) is 16.4. The molecular weight excluding hydrogens is 424 g/mol. The molecule has 1 aliphatic rings. The highest BCUT2D eigenvalue weighted by Gasteiger charge is 2.32. The fourth-order valence-electron chi connectivity index (χ4n) is 3.55. The number of aromatic nitrogens is 2. The fourth-order valence-corrected chi connectivity index (χ4v) is 5.24. The Kier molecular flexibility index (Phi) is 5.14. The number of fused-ring (bicyclic) bond motifs is 1. The predicted octanol–water partition coefficient (Wildman–Crippen LogP) is 3.35. The molecule has 152 valence electrons. The van der Waals surface area contributed by atoms with E-state index in [-0.39, 0.29) is 24.7 Å². The largest absolute Gasteiger partial charge is 0.296 e. The van der Waals surface area contributed by atoms with E-state index in [2.05, 4.69) is 4.98 Å². The molecule has 1 saturated heterocycles. The molecule has 0 aliphatic carbocycles. The van der Waals surface area contributed by atoms with Crippen LogP contribution in [-0.4, -0.2) is 35.4 Å². The molecule has 4 rings (SSSR count). The Hall–Kier alpha value is -2.36. The number of hydrogen-bond acceptors (Lipinski definition) is 4. The van der Waals surface area contributed by atoms with Gasteiger partial charge in [0.05, 0.1) is 17.2 Å². The summed E-state index contributed by atoms with van der Waals surface area (Å²) in [5, 5.41) is 0.819. The van der Waals surface area contributed by atoms with Crippen molar-refractivity contribution in [2.75, 3.05) is 13.1 Å². The average Bonchev–Trinajstić information content (AvgIpc) is 2.68. The van der Waals surface area contributed by atoms with E-state index in [0.29, 0.717) is 34.8 Å². The number of piperidine rings is 1. The molecule has 29 heavy (non-hydrogen) atoms. The quantitative estimate of drug-likeness (QED) is 0.627. The van der Waals surface area contributed by atoms with Crippen LogP contribution in [0.5, 0.6) is 0 Å². The van der Waals surface area contributed by atoms with Crippen molar-refractivity contribution >= 4 is 32.5 Å². The van der Waals surface area contributed by atoms with E-state index in [4.69, 9.17) is 11.6 Å². The summed E-state index contributed by atoms with van der Waals surface area (Å²) in [6, 6.07) is 7.00. The predicted molar refractivity (Wildman–Crippen MR) is 104 cm³/mol. The second-order valence-electron chi connectivity index (χ2n) is 6.83. The highest BCUT2D eigenvalue weighted by atomic mass is 35.5. The Labute approximate surface area is 170 Å². The van der Waals surface area contributed by atoms with E-state index >= 15 is 0 Å². The van der Waals surface area contributed by atoms with Crippen LogP contribution in [0.3, 0.4) is 0 Å². The molecule has 3 aromatic rings. The summed E-state index contributed by atoms with van der Waals surface area (Å²) in [6.45, 7) is 0.202. The van der Waals surface area contributed by atoms with Gasteiger partial charge in [0.25, 0.3) is 5.56 Å². The minimum absolute atomic E-state index is 0.101. The molecule has 0 amide bonds. The van der Waals surface area contributed by atoms with Crippen LogP contribution in [0.4, 0.5) is 8.78 Å². The van der Waals surface area contributed by atoms with Crippen LogP contribution >= 0.6 is 11.6 Å². The van der Waals surface area contributed by atoms with Crippen molar-refractivity contribution in [3.63, 3.8) is 0 Å². The van der Waals surface area contributed by atoms with E-state index in [1.807, 2.05) is 0 Å². The van der Waals surface area contributed by atoms with Crippen molar-refractivity contribution in [1.82, 2.24) is 13.9 Å². The maximum absolute atomic E-state index is 14.0. The minimum Gasteiger partial charge on any atom is -0.296 e. The standard InChI is InChI=1S/C19H16ClF2N3O3S/c20-12-1-3-17-15(9-12)19(26)25(11-23-17)14-5-7-24(8-6-14)29(27,28)18-4-2-13(21)10-16(18)22/h1-4,9-11,14H,5-8H2. The first-order valence-electron chi connectivity index (χ1n) is 8.89. The van der Waals surface area contributed by atoms with Gasteiger partial charge in [-0.15, -0.1) is 0 Å². The first-order valence-corrected chi connectivity index (χ1v) is 10.7. The lowest BCUT2D eigenvalue weighted by atomic mass is 10.1. The smallest absolute Gasteiger partial charge is 0.261 e. The molecule has 0 spiro atoms. The molecule has 1 aliphatic heterocycles. The van der Waals surface area contributed by atoms with Gasteiger partial charge in [-0.3, -0.25) is 9.36 Å². The van der Waals surface area contributed by atoms with E-state index in [0.717, 1.165) is 16.4 Å². The number of sulfonamides is 1. The highest BCUT2D eigenvalue weighted by molar-refractivity contribution is 7.89. The lowest BCUT2D eigenvalue weighted by molar-refractivity contribution is 0.269. The Morgan fingerprint density at radius 1 is 1.07 bits per heavy atom. The molecule has 1 aromatic heterocycles. The fraction of sp³-hybridized carbons (Fsp3) is 0.263. The molecule has 0 radical (unpaired) electrons. The lowest BCUT2D eigenvalue weighted by Crippen LogP contribution is -2.41. The number of halogens is 3. The summed E-state index contributed by atoms with van der Waals surface area (Å²) in [4.78, 5) is 16.5. The van der Waals surface area contributed by atoms with Gasteiger partial charge in [-0.2, -0.15) is 4.31 Å². The van der Waals surface area contributed by atoms with Crippen LogP contribution in [0.25, 0.3) is 10.9 Å². The lowest BCUT2D eigenvalue weighted by Gasteiger charge is -2.32. The number of rotatable bonds is 3. The molecule has 0 saturated carbocycles. The van der Waals surface area contributed by atoms with Crippen LogP contribution in [0.2, 0.25) is 5.02 Å². The van der Waals surface area contributed by atoms with E-state index in [1.54, 1.807) is 18.2 Å². The van der Waals surface area contributed by atoms with Crippen LogP contribution in [0.1, 0.15) is 18.9 Å². The van der Waals surface area contributed by atoms with Gasteiger partial charge < -0.3 is 0 Å². The molecular formula is C19H16ClF2N3O3S. The van der Waals surface area contributed by atoms with E-state index < -0.39 is 26.6 Å². The number of hydrogen-bond donors (Lipinski definition) is 0. The van der Waals surface area contributed by atoms with Crippen LogP contribution in [-0.2, 0) is 10.0 Å². The summed E-state index contributed by atoms with van der Waals surface area (Å²) >= 11 is 5.98. The maximum Gasteiger partial charge on any atom is 0.261 e. The maximum atomic E-state index is 14.0. The average molecular weight is 440 g/mol. The molecule has 6 nitrogen and oxygen atoms in total. The third-order valence-electron chi connectivity index (χ3n) is 5.07. The van der Waals surface area contributed by atoms with Gasteiger partial charge in [-0.25, -0.2) is 22.2 Å². The van der Waals surface area contributed by atoms with Crippen LogP contribution in [0, 0.1) is 11.6 Å². The van der Waals surface area contributed by atoms with Gasteiger partial charge in [0.1, 0.15) is 16.5 Å². The zero-order chi connectivity index (χ0) is 20.8. The molecule has 0 atom stereocenters. The zero-order valence-electron chi connectivity index (χ0n) is 15.1. The number of benzene rings is 2. The monoisotopic (exact) mass is 439 g/mol. The Balaban J connectivity index is 1.57. The Morgan fingerprint density at radius 3 is 2.48 bits per heavy atom. The Bertz CT molecular complexity index is 1260. The third kappa shape index (κ3) is 3.65. The van der Waals surface area contributed by atoms with Gasteiger partial charge >= 0.3 is 0 Å². The van der Waals surface area contributed by atoms with Gasteiger partial charge in [-0.1, -0.05) is 11.6 Å². The van der Waals surface area contributed by atoms with E-state index in [1.165, 1.54) is 10.9 Å². The molecule has 2 heterocycles. The Morgan fingerprint density at radius 2 is 1.79 bits per heavy atom. The van der Waals surface area contributed by atoms with Crippen molar-refractivity contribution < 1.29 is 17.2 Å². The van der Waals surface area contributed by atoms with E-state index in [9.17, 15) is 22.0 Å². The first kappa shape index (κ1) is 19.9.